The van der Waals surface area contributed by atoms with Gasteiger partial charge in [0.15, 0.2) is 0 Å². The van der Waals surface area contributed by atoms with E-state index in [0.717, 1.165) is 4.88 Å². The van der Waals surface area contributed by atoms with Crippen molar-refractivity contribution in [1.82, 2.24) is 0 Å². The largest absolute Gasteiger partial charge is 0.251 e. The molecule has 0 saturated heterocycles. The number of thiophene rings is 1. The van der Waals surface area contributed by atoms with Gasteiger partial charge in [-0.2, -0.15) is 0 Å². The van der Waals surface area contributed by atoms with Gasteiger partial charge in [-0.05, 0) is 11.4 Å². The second kappa shape index (κ2) is 4.07. The van der Waals surface area contributed by atoms with Crippen LogP contribution in [0.4, 0.5) is 0 Å². The van der Waals surface area contributed by atoms with E-state index in [9.17, 15) is 0 Å². The lowest BCUT2D eigenvalue weighted by molar-refractivity contribution is -0.229. The minimum atomic E-state index is 0.0674. The Morgan fingerprint density at radius 1 is 1.70 bits per heavy atom. The summed E-state index contributed by atoms with van der Waals surface area (Å²) in [4.78, 5) is 4.75. The van der Waals surface area contributed by atoms with Gasteiger partial charge in [0.25, 0.3) is 0 Å². The molecule has 0 amide bonds. The van der Waals surface area contributed by atoms with Crippen LogP contribution in [0.15, 0.2) is 17.5 Å². The smallest absolute Gasteiger partial charge is 0.143 e. The Hall–Kier alpha value is -0.820. The van der Waals surface area contributed by atoms with Crippen LogP contribution in [0, 0.1) is 11.8 Å². The Morgan fingerprint density at radius 3 is 3.20 bits per heavy atom. The van der Waals surface area contributed by atoms with Crippen molar-refractivity contribution in [2.75, 3.05) is 6.61 Å². The summed E-state index contributed by atoms with van der Waals surface area (Å²) in [5, 5.41) is 9.84. The maximum atomic E-state index is 7.90. The van der Waals surface area contributed by atoms with Crippen molar-refractivity contribution in [2.45, 2.75) is 0 Å². The minimum Gasteiger partial charge on any atom is -0.251 e. The van der Waals surface area contributed by atoms with Crippen molar-refractivity contribution < 1.29 is 10.1 Å². The van der Waals surface area contributed by atoms with Crippen LogP contribution in [0.25, 0.3) is 0 Å². The Labute approximate surface area is 63.0 Å². The molecule has 0 unspecified atom stereocenters. The van der Waals surface area contributed by atoms with Gasteiger partial charge in [-0.1, -0.05) is 17.9 Å². The highest BCUT2D eigenvalue weighted by molar-refractivity contribution is 7.10. The Balaban J connectivity index is 2.49. The summed E-state index contributed by atoms with van der Waals surface area (Å²) < 4.78 is 0. The molecular formula is C7H6O2S. The molecule has 0 aromatic carbocycles. The maximum absolute atomic E-state index is 7.90. The predicted octanol–water partition coefficient (Wildman–Crippen LogP) is 1.59. The van der Waals surface area contributed by atoms with Crippen molar-refractivity contribution in [2.24, 2.45) is 0 Å². The van der Waals surface area contributed by atoms with Gasteiger partial charge < -0.3 is 0 Å². The fourth-order valence-electron chi connectivity index (χ4n) is 0.505. The molecule has 0 spiro atoms. The second-order valence-electron chi connectivity index (χ2n) is 1.55. The van der Waals surface area contributed by atoms with Gasteiger partial charge in [0, 0.05) is 0 Å². The molecule has 0 atom stereocenters. The van der Waals surface area contributed by atoms with Gasteiger partial charge in [-0.25, -0.2) is 4.89 Å². The fraction of sp³-hybridized carbons (Fsp3) is 0.143. The lowest BCUT2D eigenvalue weighted by Crippen LogP contribution is -1.81. The van der Waals surface area contributed by atoms with Gasteiger partial charge in [-0.3, -0.25) is 5.26 Å². The molecule has 1 aromatic heterocycles. The first-order valence-corrected chi connectivity index (χ1v) is 3.60. The average molecular weight is 154 g/mol. The van der Waals surface area contributed by atoms with Crippen molar-refractivity contribution in [3.8, 4) is 11.8 Å². The van der Waals surface area contributed by atoms with Crippen LogP contribution in [0.2, 0.25) is 0 Å². The molecule has 0 aliphatic rings. The standard InChI is InChI=1S/C7H6O2S/c8-9-5-1-3-7-4-2-6-10-7/h2,4,6,8H,5H2. The van der Waals surface area contributed by atoms with Crippen LogP contribution in [-0.2, 0) is 4.89 Å². The average Bonchev–Trinajstić information content (AvgIpc) is 2.41. The summed E-state index contributed by atoms with van der Waals surface area (Å²) in [5.41, 5.74) is 0. The first-order chi connectivity index (χ1) is 4.93. The Bertz CT molecular complexity index is 230. The van der Waals surface area contributed by atoms with Gasteiger partial charge in [-0.15, -0.1) is 11.3 Å². The summed E-state index contributed by atoms with van der Waals surface area (Å²) >= 11 is 1.56. The van der Waals surface area contributed by atoms with Crippen LogP contribution in [0.1, 0.15) is 4.88 Å². The molecule has 2 nitrogen and oxygen atoms in total. The summed E-state index contributed by atoms with van der Waals surface area (Å²) in [6.07, 6.45) is 0. The molecule has 0 saturated carbocycles. The zero-order valence-electron chi connectivity index (χ0n) is 5.20. The molecule has 0 fully saturated rings. The van der Waals surface area contributed by atoms with Crippen molar-refractivity contribution >= 4 is 11.3 Å². The van der Waals surface area contributed by atoms with E-state index in [-0.39, 0.29) is 6.61 Å². The second-order valence-corrected chi connectivity index (χ2v) is 2.50. The molecule has 0 aliphatic carbocycles. The molecule has 0 aliphatic heterocycles. The molecular weight excluding hydrogens is 148 g/mol. The third-order valence-corrected chi connectivity index (χ3v) is 1.65. The zero-order valence-corrected chi connectivity index (χ0v) is 6.02. The highest BCUT2D eigenvalue weighted by Crippen LogP contribution is 2.04. The van der Waals surface area contributed by atoms with Crippen molar-refractivity contribution in [3.63, 3.8) is 0 Å². The fourth-order valence-corrected chi connectivity index (χ4v) is 1.10. The zero-order chi connectivity index (χ0) is 7.23. The van der Waals surface area contributed by atoms with Crippen LogP contribution in [0.5, 0.6) is 0 Å². The van der Waals surface area contributed by atoms with E-state index < -0.39 is 0 Å². The highest BCUT2D eigenvalue weighted by Gasteiger charge is 1.82. The van der Waals surface area contributed by atoms with E-state index in [2.05, 4.69) is 16.7 Å². The Kier molecular flexibility index (Phi) is 2.97. The molecule has 10 heavy (non-hydrogen) atoms. The highest BCUT2D eigenvalue weighted by atomic mass is 32.1. The predicted molar refractivity (Wildman–Crippen MR) is 39.8 cm³/mol. The molecule has 0 bridgehead atoms. The van der Waals surface area contributed by atoms with Crippen LogP contribution in [0.3, 0.4) is 0 Å². The monoisotopic (exact) mass is 154 g/mol. The van der Waals surface area contributed by atoms with E-state index in [1.165, 1.54) is 0 Å². The van der Waals surface area contributed by atoms with E-state index in [0.29, 0.717) is 0 Å². The van der Waals surface area contributed by atoms with Crippen molar-refractivity contribution in [1.29, 1.82) is 0 Å². The normalized spacial score (nSPS) is 8.50. The van der Waals surface area contributed by atoms with Gasteiger partial charge >= 0.3 is 0 Å². The topological polar surface area (TPSA) is 29.5 Å². The summed E-state index contributed by atoms with van der Waals surface area (Å²) in [6, 6.07) is 3.84. The van der Waals surface area contributed by atoms with E-state index in [1.54, 1.807) is 11.3 Å². The van der Waals surface area contributed by atoms with E-state index >= 15 is 0 Å². The van der Waals surface area contributed by atoms with Crippen LogP contribution >= 0.6 is 11.3 Å². The summed E-state index contributed by atoms with van der Waals surface area (Å²) in [6.45, 7) is 0.0674. The molecule has 52 valence electrons. The first kappa shape index (κ1) is 7.29. The number of rotatable bonds is 1. The number of hydrogen-bond donors (Lipinski definition) is 1. The lowest BCUT2D eigenvalue weighted by Gasteiger charge is -1.78. The van der Waals surface area contributed by atoms with Gasteiger partial charge in [0.1, 0.15) is 6.61 Å². The molecule has 3 heteroatoms. The summed E-state index contributed by atoms with van der Waals surface area (Å²) in [5.74, 6) is 5.43. The SMILES string of the molecule is OOCC#Cc1cccs1. The molecule has 1 aromatic rings. The molecule has 0 radical (unpaired) electrons. The van der Waals surface area contributed by atoms with E-state index in [4.69, 9.17) is 5.26 Å². The molecule has 1 heterocycles. The molecule has 1 rings (SSSR count). The van der Waals surface area contributed by atoms with Crippen LogP contribution in [-0.4, -0.2) is 11.9 Å². The molecule has 1 N–H and O–H groups in total. The minimum absolute atomic E-state index is 0.0674. The van der Waals surface area contributed by atoms with E-state index in [1.807, 2.05) is 17.5 Å². The lowest BCUT2D eigenvalue weighted by atomic mass is 10.5. The number of hydrogen-bond acceptors (Lipinski definition) is 3. The van der Waals surface area contributed by atoms with Gasteiger partial charge in [0.05, 0.1) is 4.88 Å². The first-order valence-electron chi connectivity index (χ1n) is 2.72. The Morgan fingerprint density at radius 2 is 2.60 bits per heavy atom. The van der Waals surface area contributed by atoms with Crippen LogP contribution < -0.4 is 0 Å². The van der Waals surface area contributed by atoms with Gasteiger partial charge in [0.2, 0.25) is 0 Å². The van der Waals surface area contributed by atoms with Crippen molar-refractivity contribution in [3.05, 3.63) is 22.4 Å². The third-order valence-electron chi connectivity index (χ3n) is 0.869. The quantitative estimate of drug-likeness (QED) is 0.378. The third kappa shape index (κ3) is 2.19. The maximum Gasteiger partial charge on any atom is 0.143 e. The summed E-state index contributed by atoms with van der Waals surface area (Å²) in [7, 11) is 0.